The highest BCUT2D eigenvalue weighted by Gasteiger charge is 2.35. The summed E-state index contributed by atoms with van der Waals surface area (Å²) < 4.78 is 43.1. The van der Waals surface area contributed by atoms with Crippen molar-refractivity contribution >= 4 is 22.9 Å². The van der Waals surface area contributed by atoms with Gasteiger partial charge < -0.3 is 4.74 Å². The van der Waals surface area contributed by atoms with Gasteiger partial charge >= 0.3 is 6.18 Å². The maximum absolute atomic E-state index is 12.6. The zero-order valence-corrected chi connectivity index (χ0v) is 12.3. The van der Waals surface area contributed by atoms with Crippen molar-refractivity contribution in [2.45, 2.75) is 12.2 Å². The predicted molar refractivity (Wildman–Crippen MR) is 74.3 cm³/mol. The lowest BCUT2D eigenvalue weighted by atomic mass is 10.1. The topological polar surface area (TPSA) is 60.2 Å². The van der Waals surface area contributed by atoms with Gasteiger partial charge in [-0.25, -0.2) is 10.4 Å². The highest BCUT2D eigenvalue weighted by molar-refractivity contribution is 7.11. The standard InChI is InChI=1S/C12H11ClF3N3OS/c1-20-8-3-2-6(13)4-7(8)10(19-17)9-5-18-11(21-9)12(14,15)16/h2-5,10,19H,17H2,1H3. The Balaban J connectivity index is 2.45. The Morgan fingerprint density at radius 2 is 2.14 bits per heavy atom. The minimum atomic E-state index is -4.49. The van der Waals surface area contributed by atoms with Gasteiger partial charge in [-0.15, -0.1) is 11.3 Å². The first-order valence-corrected chi connectivity index (χ1v) is 6.88. The van der Waals surface area contributed by atoms with Gasteiger partial charge in [0, 0.05) is 21.7 Å². The van der Waals surface area contributed by atoms with Crippen LogP contribution in [0.5, 0.6) is 5.75 Å². The first-order chi connectivity index (χ1) is 9.86. The van der Waals surface area contributed by atoms with Crippen molar-refractivity contribution in [3.8, 4) is 5.75 Å². The molecule has 1 heterocycles. The average Bonchev–Trinajstić information content (AvgIpc) is 2.89. The molecule has 2 aromatic rings. The van der Waals surface area contributed by atoms with Crippen molar-refractivity contribution in [1.29, 1.82) is 0 Å². The number of hydrogen-bond acceptors (Lipinski definition) is 5. The molecule has 0 aliphatic carbocycles. The molecule has 0 fully saturated rings. The predicted octanol–water partition coefficient (Wildman–Crippen LogP) is 3.38. The minimum absolute atomic E-state index is 0.311. The number of halogens is 4. The number of nitrogens with zero attached hydrogens (tertiary/aromatic N) is 1. The molecule has 0 radical (unpaired) electrons. The van der Waals surface area contributed by atoms with Crippen LogP contribution in [0.2, 0.25) is 5.02 Å². The molecule has 0 amide bonds. The van der Waals surface area contributed by atoms with Crippen molar-refractivity contribution in [2.75, 3.05) is 7.11 Å². The van der Waals surface area contributed by atoms with Crippen molar-refractivity contribution in [3.63, 3.8) is 0 Å². The second-order valence-electron chi connectivity index (χ2n) is 4.05. The molecule has 21 heavy (non-hydrogen) atoms. The molecule has 1 atom stereocenters. The highest BCUT2D eigenvalue weighted by Crippen LogP contribution is 2.38. The molecule has 0 saturated heterocycles. The van der Waals surface area contributed by atoms with E-state index in [2.05, 4.69) is 10.4 Å². The number of aromatic nitrogens is 1. The fourth-order valence-electron chi connectivity index (χ4n) is 1.81. The number of nitrogens with one attached hydrogen (secondary N) is 1. The lowest BCUT2D eigenvalue weighted by Crippen LogP contribution is -2.28. The maximum Gasteiger partial charge on any atom is 0.443 e. The molecule has 0 aliphatic rings. The van der Waals surface area contributed by atoms with Crippen molar-refractivity contribution in [3.05, 3.63) is 44.9 Å². The van der Waals surface area contributed by atoms with Gasteiger partial charge in [-0.3, -0.25) is 5.84 Å². The number of rotatable bonds is 4. The summed E-state index contributed by atoms with van der Waals surface area (Å²) in [5.74, 6) is 5.94. The Labute approximate surface area is 127 Å². The summed E-state index contributed by atoms with van der Waals surface area (Å²) in [6.07, 6.45) is -3.35. The number of hydrazine groups is 1. The summed E-state index contributed by atoms with van der Waals surface area (Å²) >= 11 is 6.44. The van der Waals surface area contributed by atoms with Crippen LogP contribution in [0, 0.1) is 0 Å². The van der Waals surface area contributed by atoms with Crippen LogP contribution in [0.1, 0.15) is 21.5 Å². The monoisotopic (exact) mass is 337 g/mol. The molecule has 3 N–H and O–H groups in total. The molecule has 9 heteroatoms. The quantitative estimate of drug-likeness (QED) is 0.663. The lowest BCUT2D eigenvalue weighted by molar-refractivity contribution is -0.137. The number of nitrogens with two attached hydrogens (primary N) is 1. The Bertz CT molecular complexity index is 632. The van der Waals surface area contributed by atoms with Gasteiger partial charge in [0.05, 0.1) is 13.2 Å². The molecule has 0 aliphatic heterocycles. The lowest BCUT2D eigenvalue weighted by Gasteiger charge is -2.17. The van der Waals surface area contributed by atoms with Crippen molar-refractivity contribution in [1.82, 2.24) is 10.4 Å². The van der Waals surface area contributed by atoms with E-state index < -0.39 is 17.2 Å². The molecule has 0 bridgehead atoms. The van der Waals surface area contributed by atoms with Crippen LogP contribution in [-0.4, -0.2) is 12.1 Å². The first-order valence-electron chi connectivity index (χ1n) is 5.69. The Morgan fingerprint density at radius 3 is 2.67 bits per heavy atom. The fraction of sp³-hybridized carbons (Fsp3) is 0.250. The number of hydrogen-bond donors (Lipinski definition) is 2. The second-order valence-corrected chi connectivity index (χ2v) is 5.55. The van der Waals surface area contributed by atoms with Crippen LogP contribution in [0.15, 0.2) is 24.4 Å². The molecule has 1 aromatic heterocycles. The zero-order chi connectivity index (χ0) is 15.6. The Morgan fingerprint density at radius 1 is 1.43 bits per heavy atom. The summed E-state index contributed by atoms with van der Waals surface area (Å²) in [6.45, 7) is 0. The van der Waals surface area contributed by atoms with E-state index in [9.17, 15) is 13.2 Å². The molecule has 1 aromatic carbocycles. The van der Waals surface area contributed by atoms with E-state index in [-0.39, 0.29) is 0 Å². The number of thiazole rings is 1. The average molecular weight is 338 g/mol. The molecular weight excluding hydrogens is 327 g/mol. The Hall–Kier alpha value is -1.35. The van der Waals surface area contributed by atoms with E-state index >= 15 is 0 Å². The van der Waals surface area contributed by atoms with Gasteiger partial charge in [0.2, 0.25) is 0 Å². The SMILES string of the molecule is COc1ccc(Cl)cc1C(NN)c1cnc(C(F)(F)F)s1. The molecule has 0 spiro atoms. The largest absolute Gasteiger partial charge is 0.496 e. The van der Waals surface area contributed by atoms with Gasteiger partial charge in [0.15, 0.2) is 5.01 Å². The van der Waals surface area contributed by atoms with Gasteiger partial charge in [0.25, 0.3) is 0 Å². The maximum atomic E-state index is 12.6. The summed E-state index contributed by atoms with van der Waals surface area (Å²) in [7, 11) is 1.45. The van der Waals surface area contributed by atoms with Crippen LogP contribution in [0.25, 0.3) is 0 Å². The van der Waals surface area contributed by atoms with E-state index in [0.717, 1.165) is 6.20 Å². The Kier molecular flexibility index (Phi) is 4.72. The van der Waals surface area contributed by atoms with E-state index in [1.807, 2.05) is 0 Å². The minimum Gasteiger partial charge on any atom is -0.496 e. The number of benzene rings is 1. The van der Waals surface area contributed by atoms with E-state index in [1.165, 1.54) is 7.11 Å². The van der Waals surface area contributed by atoms with E-state index in [0.29, 0.717) is 32.5 Å². The molecule has 1 unspecified atom stereocenters. The second kappa shape index (κ2) is 6.18. The normalized spacial score (nSPS) is 13.2. The number of ether oxygens (including phenoxy) is 1. The van der Waals surface area contributed by atoms with Crippen molar-refractivity contribution in [2.24, 2.45) is 5.84 Å². The van der Waals surface area contributed by atoms with Crippen LogP contribution in [0.3, 0.4) is 0 Å². The molecule has 4 nitrogen and oxygen atoms in total. The molecular formula is C12H11ClF3N3OS. The third-order valence-corrected chi connectivity index (χ3v) is 4.06. The fourth-order valence-corrected chi connectivity index (χ4v) is 2.85. The molecule has 2 rings (SSSR count). The molecule has 0 saturated carbocycles. The van der Waals surface area contributed by atoms with Crippen LogP contribution >= 0.6 is 22.9 Å². The third kappa shape index (κ3) is 3.46. The van der Waals surface area contributed by atoms with E-state index in [4.69, 9.17) is 22.2 Å². The van der Waals surface area contributed by atoms with Gasteiger partial charge in [-0.05, 0) is 18.2 Å². The summed E-state index contributed by atoms with van der Waals surface area (Å²) in [4.78, 5) is 3.69. The molecule has 114 valence electrons. The third-order valence-electron chi connectivity index (χ3n) is 2.72. The van der Waals surface area contributed by atoms with Gasteiger partial charge in [-0.1, -0.05) is 11.6 Å². The van der Waals surface area contributed by atoms with Gasteiger partial charge in [-0.2, -0.15) is 13.2 Å². The smallest absolute Gasteiger partial charge is 0.443 e. The highest BCUT2D eigenvalue weighted by atomic mass is 35.5. The number of alkyl halides is 3. The van der Waals surface area contributed by atoms with Gasteiger partial charge in [0.1, 0.15) is 5.75 Å². The zero-order valence-electron chi connectivity index (χ0n) is 10.7. The van der Waals surface area contributed by atoms with Crippen molar-refractivity contribution < 1.29 is 17.9 Å². The first kappa shape index (κ1) is 16.0. The van der Waals surface area contributed by atoms with Crippen LogP contribution < -0.4 is 16.0 Å². The van der Waals surface area contributed by atoms with E-state index in [1.54, 1.807) is 18.2 Å². The summed E-state index contributed by atoms with van der Waals surface area (Å²) in [5, 5.41) is -0.509. The summed E-state index contributed by atoms with van der Waals surface area (Å²) in [5.41, 5.74) is 3.00. The summed E-state index contributed by atoms with van der Waals surface area (Å²) in [6, 6.07) is 4.11. The van der Waals surface area contributed by atoms with Crippen LogP contribution in [-0.2, 0) is 6.18 Å². The van der Waals surface area contributed by atoms with Crippen LogP contribution in [0.4, 0.5) is 13.2 Å². The number of methoxy groups -OCH3 is 1.